The van der Waals surface area contributed by atoms with Crippen molar-refractivity contribution in [1.29, 1.82) is 0 Å². The van der Waals surface area contributed by atoms with Crippen molar-refractivity contribution in [3.63, 3.8) is 0 Å². The Morgan fingerprint density at radius 1 is 0.382 bits per heavy atom. The van der Waals surface area contributed by atoms with Crippen molar-refractivity contribution in [2.45, 2.75) is 0 Å². The van der Waals surface area contributed by atoms with Crippen LogP contribution in [0.2, 0.25) is 0 Å². The van der Waals surface area contributed by atoms with Gasteiger partial charge in [0.1, 0.15) is 0 Å². The summed E-state index contributed by atoms with van der Waals surface area (Å²) in [4.78, 5) is 0. The van der Waals surface area contributed by atoms with Crippen LogP contribution in [0.1, 0.15) is 0 Å². The van der Waals surface area contributed by atoms with Gasteiger partial charge in [0.15, 0.2) is 0 Å². The molecular formula is C32H18Se2. The summed E-state index contributed by atoms with van der Waals surface area (Å²) in [5.41, 5.74) is 2.77. The third-order valence-corrected chi connectivity index (χ3v) is 12.1. The molecule has 2 aromatic heterocycles. The van der Waals surface area contributed by atoms with Crippen molar-refractivity contribution in [1.82, 2.24) is 0 Å². The van der Waals surface area contributed by atoms with Crippen molar-refractivity contribution in [3.8, 4) is 20.0 Å². The molecular weight excluding hydrogens is 542 g/mol. The van der Waals surface area contributed by atoms with Gasteiger partial charge in [0, 0.05) is 0 Å². The fourth-order valence-corrected chi connectivity index (χ4v) is 10.4. The first-order valence-corrected chi connectivity index (χ1v) is 14.9. The molecule has 0 nitrogen and oxygen atoms in total. The average molecular weight is 560 g/mol. The van der Waals surface area contributed by atoms with Gasteiger partial charge in [-0.2, -0.15) is 0 Å². The zero-order valence-corrected chi connectivity index (χ0v) is 21.6. The zero-order chi connectivity index (χ0) is 22.2. The van der Waals surface area contributed by atoms with Gasteiger partial charge in [-0.3, -0.25) is 0 Å². The van der Waals surface area contributed by atoms with E-state index in [9.17, 15) is 0 Å². The van der Waals surface area contributed by atoms with Crippen LogP contribution in [0.3, 0.4) is 0 Å². The summed E-state index contributed by atoms with van der Waals surface area (Å²) in [6, 6.07) is 41.0. The molecule has 6 aromatic carbocycles. The molecule has 0 aliphatic rings. The normalized spacial score (nSPS) is 12.1. The Morgan fingerprint density at radius 2 is 0.824 bits per heavy atom. The predicted molar refractivity (Wildman–Crippen MR) is 150 cm³/mol. The van der Waals surface area contributed by atoms with Crippen molar-refractivity contribution >= 4 is 80.6 Å². The SMILES string of the molecule is c1ccc2cc(-c3[se]c4ccc5c(-c6ccc7ccccc7c6)[se]c6ccc3c4c65)ccc2c1. The number of hydrogen-bond acceptors (Lipinski definition) is 0. The molecule has 0 atom stereocenters. The Kier molecular flexibility index (Phi) is 4.06. The monoisotopic (exact) mass is 562 g/mol. The molecule has 0 amide bonds. The molecule has 0 saturated heterocycles. The summed E-state index contributed by atoms with van der Waals surface area (Å²) in [6.07, 6.45) is 0. The van der Waals surface area contributed by atoms with E-state index in [0.29, 0.717) is 29.0 Å². The second-order valence-electron chi connectivity index (χ2n) is 8.96. The molecule has 8 rings (SSSR count). The Labute approximate surface area is 208 Å². The topological polar surface area (TPSA) is 0 Å². The average Bonchev–Trinajstić information content (AvgIpc) is 3.46. The molecule has 0 fully saturated rings. The fraction of sp³-hybridized carbons (Fsp3) is 0. The summed E-state index contributed by atoms with van der Waals surface area (Å²) in [5.74, 6) is 0. The Hall–Kier alpha value is -3.12. The van der Waals surface area contributed by atoms with Gasteiger partial charge in [-0.1, -0.05) is 0 Å². The summed E-state index contributed by atoms with van der Waals surface area (Å²) >= 11 is 0.668. The quantitative estimate of drug-likeness (QED) is 0.187. The van der Waals surface area contributed by atoms with Crippen LogP contribution in [0.5, 0.6) is 0 Å². The first kappa shape index (κ1) is 19.2. The van der Waals surface area contributed by atoms with Crippen molar-refractivity contribution in [2.75, 3.05) is 0 Å². The predicted octanol–water partition coefficient (Wildman–Crippen LogP) is 8.34. The number of benzene rings is 6. The summed E-state index contributed by atoms with van der Waals surface area (Å²) < 4.78 is 6.15. The molecule has 158 valence electrons. The summed E-state index contributed by atoms with van der Waals surface area (Å²) in [6.45, 7) is 0. The van der Waals surface area contributed by atoms with E-state index < -0.39 is 0 Å². The summed E-state index contributed by atoms with van der Waals surface area (Å²) in [5, 5.41) is 11.2. The molecule has 2 heteroatoms. The van der Waals surface area contributed by atoms with Crippen LogP contribution < -0.4 is 0 Å². The second kappa shape index (κ2) is 7.19. The van der Waals surface area contributed by atoms with E-state index in [-0.39, 0.29) is 0 Å². The van der Waals surface area contributed by atoms with Crippen LogP contribution in [0.4, 0.5) is 0 Å². The summed E-state index contributed by atoms with van der Waals surface area (Å²) in [7, 11) is 0. The van der Waals surface area contributed by atoms with Crippen molar-refractivity contribution in [3.05, 3.63) is 109 Å². The van der Waals surface area contributed by atoms with Gasteiger partial charge in [0.05, 0.1) is 0 Å². The van der Waals surface area contributed by atoms with E-state index in [1.165, 1.54) is 63.1 Å². The Bertz CT molecular complexity index is 1870. The zero-order valence-electron chi connectivity index (χ0n) is 18.2. The van der Waals surface area contributed by atoms with E-state index in [4.69, 9.17) is 0 Å². The third-order valence-electron chi connectivity index (χ3n) is 7.02. The van der Waals surface area contributed by atoms with Gasteiger partial charge in [-0.15, -0.1) is 0 Å². The van der Waals surface area contributed by atoms with Crippen LogP contribution in [0, 0.1) is 0 Å². The molecule has 0 radical (unpaired) electrons. The standard InChI is InChI=1S/C32H18Se2/c1-3-7-21-17-23(11-9-19(21)5-1)31-25-13-15-28-30-26(14-16-27(33-31)29(25)30)32(34-28)24-12-10-20-6-2-4-8-22(20)18-24/h1-18H. The number of rotatable bonds is 2. The van der Waals surface area contributed by atoms with E-state index in [2.05, 4.69) is 109 Å². The molecule has 0 spiro atoms. The molecule has 2 heterocycles. The molecule has 0 N–H and O–H groups in total. The Morgan fingerprint density at radius 3 is 1.29 bits per heavy atom. The number of fused-ring (bicyclic) bond motifs is 2. The third kappa shape index (κ3) is 2.72. The van der Waals surface area contributed by atoms with Gasteiger partial charge >= 0.3 is 210 Å². The van der Waals surface area contributed by atoms with Gasteiger partial charge in [0.2, 0.25) is 0 Å². The minimum absolute atomic E-state index is 0.334. The van der Waals surface area contributed by atoms with Crippen LogP contribution in [-0.4, -0.2) is 29.0 Å². The maximum atomic E-state index is 2.42. The molecule has 0 saturated carbocycles. The van der Waals surface area contributed by atoms with E-state index in [0.717, 1.165) is 0 Å². The second-order valence-corrected chi connectivity index (χ2v) is 13.4. The van der Waals surface area contributed by atoms with Crippen molar-refractivity contribution in [2.24, 2.45) is 0 Å². The fourth-order valence-electron chi connectivity index (χ4n) is 5.40. The van der Waals surface area contributed by atoms with E-state index >= 15 is 0 Å². The Balaban J connectivity index is 1.39. The first-order chi connectivity index (χ1) is 16.8. The van der Waals surface area contributed by atoms with Crippen LogP contribution in [-0.2, 0) is 0 Å². The first-order valence-electron chi connectivity index (χ1n) is 11.5. The van der Waals surface area contributed by atoms with Crippen LogP contribution >= 0.6 is 0 Å². The van der Waals surface area contributed by atoms with Crippen LogP contribution in [0.25, 0.3) is 71.6 Å². The van der Waals surface area contributed by atoms with Crippen molar-refractivity contribution < 1.29 is 0 Å². The molecule has 0 unspecified atom stereocenters. The maximum absolute atomic E-state index is 2.42. The molecule has 0 aliphatic heterocycles. The molecule has 34 heavy (non-hydrogen) atoms. The van der Waals surface area contributed by atoms with Crippen LogP contribution in [0.15, 0.2) is 109 Å². The minimum atomic E-state index is 0.334. The van der Waals surface area contributed by atoms with Gasteiger partial charge in [-0.25, -0.2) is 0 Å². The number of hydrogen-bond donors (Lipinski definition) is 0. The molecule has 8 aromatic rings. The van der Waals surface area contributed by atoms with Gasteiger partial charge < -0.3 is 0 Å². The van der Waals surface area contributed by atoms with Gasteiger partial charge in [0.25, 0.3) is 0 Å². The van der Waals surface area contributed by atoms with E-state index in [1.807, 2.05) is 0 Å². The van der Waals surface area contributed by atoms with Gasteiger partial charge in [-0.05, 0) is 0 Å². The molecule has 0 bridgehead atoms. The molecule has 0 aliphatic carbocycles. The van der Waals surface area contributed by atoms with E-state index in [1.54, 1.807) is 8.52 Å².